The summed E-state index contributed by atoms with van der Waals surface area (Å²) in [6.07, 6.45) is 10.4. The van der Waals surface area contributed by atoms with Crippen LogP contribution in [0.5, 0.6) is 0 Å². The number of piperidine rings is 1. The molecule has 5 aliphatic rings. The van der Waals surface area contributed by atoms with Crippen molar-refractivity contribution in [2.45, 2.75) is 57.0 Å². The molecule has 0 atom stereocenters. The predicted molar refractivity (Wildman–Crippen MR) is 159 cm³/mol. The van der Waals surface area contributed by atoms with Crippen molar-refractivity contribution in [1.82, 2.24) is 14.7 Å². The van der Waals surface area contributed by atoms with Crippen molar-refractivity contribution in [2.75, 3.05) is 37.7 Å². The smallest absolute Gasteiger partial charge is 0.335 e. The van der Waals surface area contributed by atoms with E-state index < -0.39 is 11.5 Å². The van der Waals surface area contributed by atoms with E-state index in [0.29, 0.717) is 32.0 Å². The SMILES string of the molecule is O=C(O)c1cccc(CN2CN(c3ccc(F)cc3)C3(CCN(CCCN4C(=O)C5(CC5)C5=C4CCC=C5)CC3)C2=O)c1. The van der Waals surface area contributed by atoms with Crippen molar-refractivity contribution in [2.24, 2.45) is 5.41 Å². The summed E-state index contributed by atoms with van der Waals surface area (Å²) in [6, 6.07) is 13.0. The fraction of sp³-hybridized carbons (Fsp3) is 0.441. The first-order valence-corrected chi connectivity index (χ1v) is 15.4. The molecule has 1 saturated carbocycles. The molecule has 43 heavy (non-hydrogen) atoms. The van der Waals surface area contributed by atoms with Crippen LogP contribution in [0.3, 0.4) is 0 Å². The first-order chi connectivity index (χ1) is 20.8. The van der Waals surface area contributed by atoms with Crippen LogP contribution in [0.25, 0.3) is 0 Å². The van der Waals surface area contributed by atoms with Gasteiger partial charge in [0, 0.05) is 37.6 Å². The first-order valence-electron chi connectivity index (χ1n) is 15.4. The van der Waals surface area contributed by atoms with Crippen LogP contribution in [0.1, 0.15) is 60.9 Å². The van der Waals surface area contributed by atoms with Gasteiger partial charge in [0.15, 0.2) is 0 Å². The summed E-state index contributed by atoms with van der Waals surface area (Å²) in [7, 11) is 0. The van der Waals surface area contributed by atoms with Gasteiger partial charge in [0.2, 0.25) is 11.8 Å². The number of benzene rings is 2. The van der Waals surface area contributed by atoms with Crippen LogP contribution in [0.15, 0.2) is 72.0 Å². The number of aromatic carboxylic acids is 1. The lowest BCUT2D eigenvalue weighted by molar-refractivity contribution is -0.134. The van der Waals surface area contributed by atoms with Gasteiger partial charge in [-0.15, -0.1) is 0 Å². The maximum Gasteiger partial charge on any atom is 0.335 e. The second kappa shape index (κ2) is 10.6. The Morgan fingerprint density at radius 3 is 2.44 bits per heavy atom. The molecule has 2 aromatic rings. The zero-order valence-electron chi connectivity index (χ0n) is 24.3. The largest absolute Gasteiger partial charge is 0.478 e. The summed E-state index contributed by atoms with van der Waals surface area (Å²) >= 11 is 0. The molecule has 8 nitrogen and oxygen atoms in total. The lowest BCUT2D eigenvalue weighted by Gasteiger charge is -2.43. The lowest BCUT2D eigenvalue weighted by atomic mass is 9.85. The van der Waals surface area contributed by atoms with Crippen molar-refractivity contribution < 1.29 is 23.9 Å². The minimum Gasteiger partial charge on any atom is -0.478 e. The minimum atomic E-state index is -1.000. The number of carboxylic acids is 1. The van der Waals surface area contributed by atoms with E-state index in [4.69, 9.17) is 0 Å². The highest BCUT2D eigenvalue weighted by molar-refractivity contribution is 5.95. The maximum absolute atomic E-state index is 14.1. The van der Waals surface area contributed by atoms with Gasteiger partial charge in [0.25, 0.3) is 0 Å². The van der Waals surface area contributed by atoms with Gasteiger partial charge in [-0.2, -0.15) is 0 Å². The number of hydrogen-bond acceptors (Lipinski definition) is 5. The lowest BCUT2D eigenvalue weighted by Crippen LogP contribution is -2.56. The van der Waals surface area contributed by atoms with Gasteiger partial charge >= 0.3 is 5.97 Å². The highest BCUT2D eigenvalue weighted by Gasteiger charge is 2.59. The van der Waals surface area contributed by atoms with Crippen LogP contribution in [-0.2, 0) is 16.1 Å². The molecule has 2 saturated heterocycles. The number of carbonyl (C=O) groups is 3. The second-order valence-corrected chi connectivity index (χ2v) is 12.6. The summed E-state index contributed by atoms with van der Waals surface area (Å²) in [4.78, 5) is 47.2. The molecule has 2 amide bonds. The number of anilines is 1. The van der Waals surface area contributed by atoms with E-state index in [1.807, 2.05) is 6.07 Å². The van der Waals surface area contributed by atoms with Crippen molar-refractivity contribution in [1.29, 1.82) is 0 Å². The normalized spacial score (nSPS) is 22.3. The number of nitrogens with zero attached hydrogens (tertiary/aromatic N) is 4. The fourth-order valence-electron chi connectivity index (χ4n) is 7.67. The molecule has 3 heterocycles. The van der Waals surface area contributed by atoms with Crippen molar-refractivity contribution in [3.05, 3.63) is 88.9 Å². The number of likely N-dealkylation sites (tertiary alicyclic amines) is 1. The third-order valence-corrected chi connectivity index (χ3v) is 10.1. The summed E-state index contributed by atoms with van der Waals surface area (Å²) in [6.45, 7) is 3.76. The average molecular weight is 585 g/mol. The van der Waals surface area contributed by atoms with E-state index >= 15 is 0 Å². The molecule has 0 unspecified atom stereocenters. The standard InChI is InChI=1S/C34H37FN4O4/c35-26-9-11-27(12-10-26)39-23-37(22-24-5-3-6-25(21-24)30(40)41)32(43)34(39)15-19-36(20-16-34)17-4-18-38-29-8-2-1-7-28(29)33(13-14-33)31(38)42/h1,3,5-7,9-12,21H,2,4,8,13-20,22-23H2,(H,40,41). The van der Waals surface area contributed by atoms with Gasteiger partial charge in [-0.25, -0.2) is 9.18 Å². The highest BCUT2D eigenvalue weighted by Crippen LogP contribution is 2.60. The van der Waals surface area contributed by atoms with Crippen LogP contribution in [-0.4, -0.2) is 76.0 Å². The average Bonchev–Trinajstić information content (AvgIpc) is 3.75. The Hall–Kier alpha value is -3.98. The Morgan fingerprint density at radius 2 is 1.72 bits per heavy atom. The highest BCUT2D eigenvalue weighted by atomic mass is 19.1. The van der Waals surface area contributed by atoms with Gasteiger partial charge in [0.1, 0.15) is 11.4 Å². The van der Waals surface area contributed by atoms with E-state index in [9.17, 15) is 23.9 Å². The number of hydrogen-bond donors (Lipinski definition) is 1. The molecular formula is C34H37FN4O4. The van der Waals surface area contributed by atoms with Gasteiger partial charge in [-0.3, -0.25) is 9.59 Å². The molecular weight excluding hydrogens is 547 g/mol. The number of allylic oxidation sites excluding steroid dienone is 3. The Bertz CT molecular complexity index is 1520. The second-order valence-electron chi connectivity index (χ2n) is 12.6. The number of carboxylic acid groups (broad SMARTS) is 1. The van der Waals surface area contributed by atoms with Crippen LogP contribution >= 0.6 is 0 Å². The van der Waals surface area contributed by atoms with Crippen molar-refractivity contribution in [3.63, 3.8) is 0 Å². The van der Waals surface area contributed by atoms with Gasteiger partial charge in [-0.1, -0.05) is 24.3 Å². The minimum absolute atomic E-state index is 0.0272. The molecule has 3 aliphatic heterocycles. The molecule has 0 radical (unpaired) electrons. The number of rotatable bonds is 8. The van der Waals surface area contributed by atoms with E-state index in [0.717, 1.165) is 69.5 Å². The zero-order valence-corrected chi connectivity index (χ0v) is 24.3. The van der Waals surface area contributed by atoms with Crippen molar-refractivity contribution in [3.8, 4) is 0 Å². The van der Waals surface area contributed by atoms with Crippen LogP contribution in [0.2, 0.25) is 0 Å². The number of amides is 2. The Morgan fingerprint density at radius 1 is 0.953 bits per heavy atom. The Kier molecular flexibility index (Phi) is 6.88. The van der Waals surface area contributed by atoms with E-state index in [1.54, 1.807) is 35.2 Å². The topological polar surface area (TPSA) is 84.4 Å². The summed E-state index contributed by atoms with van der Waals surface area (Å²) in [5, 5.41) is 9.42. The molecule has 2 aromatic carbocycles. The third kappa shape index (κ3) is 4.74. The number of carbonyl (C=O) groups excluding carboxylic acids is 2. The van der Waals surface area contributed by atoms with Crippen LogP contribution in [0, 0.1) is 11.2 Å². The number of halogens is 1. The monoisotopic (exact) mass is 584 g/mol. The third-order valence-electron chi connectivity index (χ3n) is 10.1. The molecule has 224 valence electrons. The van der Waals surface area contributed by atoms with E-state index in [-0.39, 0.29) is 22.7 Å². The van der Waals surface area contributed by atoms with E-state index in [1.165, 1.54) is 23.4 Å². The zero-order chi connectivity index (χ0) is 29.8. The molecule has 7 rings (SSSR count). The molecule has 1 N–H and O–H groups in total. The Balaban J connectivity index is 1.03. The van der Waals surface area contributed by atoms with Crippen molar-refractivity contribution >= 4 is 23.5 Å². The molecule has 0 bridgehead atoms. The Labute approximate surface area is 251 Å². The fourth-order valence-corrected chi connectivity index (χ4v) is 7.67. The number of fused-ring (bicyclic) bond motifs is 1. The summed E-state index contributed by atoms with van der Waals surface area (Å²) in [5.41, 5.74) is 3.30. The molecule has 3 fully saturated rings. The van der Waals surface area contributed by atoms with Crippen LogP contribution in [0.4, 0.5) is 10.1 Å². The maximum atomic E-state index is 14.1. The first kappa shape index (κ1) is 27.8. The predicted octanol–water partition coefficient (Wildman–Crippen LogP) is 4.78. The molecule has 2 spiro atoms. The molecule has 2 aliphatic carbocycles. The summed E-state index contributed by atoms with van der Waals surface area (Å²) in [5.74, 6) is -1.00. The van der Waals surface area contributed by atoms with Gasteiger partial charge in [-0.05, 0) is 99.0 Å². The van der Waals surface area contributed by atoms with Crippen LogP contribution < -0.4 is 4.90 Å². The van der Waals surface area contributed by atoms with Gasteiger partial charge < -0.3 is 24.7 Å². The van der Waals surface area contributed by atoms with E-state index in [2.05, 4.69) is 26.9 Å². The molecule has 0 aromatic heterocycles. The summed E-state index contributed by atoms with van der Waals surface area (Å²) < 4.78 is 13.8. The molecule has 9 heteroatoms. The quantitative estimate of drug-likeness (QED) is 0.481. The van der Waals surface area contributed by atoms with Gasteiger partial charge in [0.05, 0.1) is 17.6 Å².